The standard InChI is InChI=1S/C6H8O7.Fe.3Na.H3O4P.3H/c7-3(8)1-6(13,5(11)12)2-4(9)10;;;;;1-5(2,3)4;;;/h13H,1-2H2,(H,7,8)(H,9,10)(H,11,12);;;;;(H3,1,2,3,4);;;/q;;3*+1;;3*-1. The van der Waals surface area contributed by atoms with E-state index >= 15 is 0 Å². The molecule has 0 aromatic heterocycles. The van der Waals surface area contributed by atoms with E-state index < -0.39 is 44.2 Å². The number of carboxylic acids is 3. The van der Waals surface area contributed by atoms with Crippen molar-refractivity contribution in [1.82, 2.24) is 0 Å². The van der Waals surface area contributed by atoms with Gasteiger partial charge >= 0.3 is 114 Å². The van der Waals surface area contributed by atoms with Gasteiger partial charge in [0.15, 0.2) is 5.60 Å². The molecule has 120 valence electrons. The predicted molar refractivity (Wildman–Crippen MR) is 54.7 cm³/mol. The molecule has 0 aromatic carbocycles. The van der Waals surface area contributed by atoms with Gasteiger partial charge in [-0.25, -0.2) is 9.36 Å². The molecular weight excluding hydrogens is 404 g/mol. The van der Waals surface area contributed by atoms with E-state index in [1.165, 1.54) is 0 Å². The first kappa shape index (κ1) is 39.2. The van der Waals surface area contributed by atoms with Crippen molar-refractivity contribution in [3.8, 4) is 0 Å². The third-order valence-electron chi connectivity index (χ3n) is 1.29. The summed E-state index contributed by atoms with van der Waals surface area (Å²) in [6.45, 7) is 0. The molecule has 0 heterocycles. The predicted octanol–water partition coefficient (Wildman–Crippen LogP) is -10.8. The van der Waals surface area contributed by atoms with Crippen LogP contribution in [-0.2, 0) is 36.0 Å². The Labute approximate surface area is 205 Å². The maximum absolute atomic E-state index is 10.3. The van der Waals surface area contributed by atoms with Gasteiger partial charge < -0.3 is 39.4 Å². The van der Waals surface area contributed by atoms with E-state index in [0.29, 0.717) is 0 Å². The van der Waals surface area contributed by atoms with Crippen molar-refractivity contribution >= 4 is 25.7 Å². The Bertz CT molecular complexity index is 375. The van der Waals surface area contributed by atoms with E-state index in [2.05, 4.69) is 0 Å². The fourth-order valence-electron chi connectivity index (χ4n) is 0.714. The number of aliphatic carboxylic acids is 3. The number of hydrogen-bond acceptors (Lipinski definition) is 5. The van der Waals surface area contributed by atoms with E-state index in [0.717, 1.165) is 0 Å². The number of hydrogen-bond donors (Lipinski definition) is 7. The Balaban J connectivity index is -0.0000000274. The summed E-state index contributed by atoms with van der Waals surface area (Å²) in [7, 11) is -4.64. The number of phosphoric acid groups is 1. The minimum Gasteiger partial charge on any atom is -1.00 e. The van der Waals surface area contributed by atoms with Crippen LogP contribution >= 0.6 is 7.82 Å². The molecule has 0 unspecified atom stereocenters. The third-order valence-corrected chi connectivity index (χ3v) is 1.29. The molecule has 0 rings (SSSR count). The smallest absolute Gasteiger partial charge is 1.00 e. The van der Waals surface area contributed by atoms with Crippen molar-refractivity contribution in [2.24, 2.45) is 0 Å². The monoisotopic (exact) mass is 418 g/mol. The number of carboxylic acid groups (broad SMARTS) is 3. The molecule has 0 aliphatic carbocycles. The van der Waals surface area contributed by atoms with Crippen molar-refractivity contribution in [1.29, 1.82) is 0 Å². The molecule has 7 N–H and O–H groups in total. The molecule has 0 radical (unpaired) electrons. The molecular formula is C6H14FeNa3O11P. The second-order valence-electron chi connectivity index (χ2n) is 2.99. The van der Waals surface area contributed by atoms with Crippen molar-refractivity contribution in [3.63, 3.8) is 0 Å². The SMILES string of the molecule is O=C(O)CC(O)(CC(=O)O)C(=O)O.O=P(O)(O)O.[Fe].[H-].[H-].[H-].[Na+].[Na+].[Na+]. The molecule has 0 atom stereocenters. The first-order valence-corrected chi connectivity index (χ1v) is 5.52. The van der Waals surface area contributed by atoms with Crippen LogP contribution in [0, 0.1) is 0 Å². The zero-order chi connectivity index (χ0) is 15.1. The summed E-state index contributed by atoms with van der Waals surface area (Å²) >= 11 is 0. The zero-order valence-corrected chi connectivity index (χ0v) is 20.0. The maximum atomic E-state index is 10.3. The van der Waals surface area contributed by atoms with Gasteiger partial charge in [0.25, 0.3) is 0 Å². The van der Waals surface area contributed by atoms with Crippen molar-refractivity contribution in [2.75, 3.05) is 0 Å². The van der Waals surface area contributed by atoms with E-state index in [1.807, 2.05) is 0 Å². The second-order valence-corrected chi connectivity index (χ2v) is 4.02. The van der Waals surface area contributed by atoms with Crippen LogP contribution in [0.25, 0.3) is 0 Å². The third kappa shape index (κ3) is 29.9. The van der Waals surface area contributed by atoms with Crippen LogP contribution in [0.1, 0.15) is 17.1 Å². The Kier molecular flexibility index (Phi) is 31.7. The van der Waals surface area contributed by atoms with Gasteiger partial charge in [0.1, 0.15) is 0 Å². The number of carbonyl (C=O) groups is 3. The quantitative estimate of drug-likeness (QED) is 0.165. The zero-order valence-electron chi connectivity index (χ0n) is 15.0. The molecule has 16 heteroatoms. The largest absolute Gasteiger partial charge is 1.00 e. The van der Waals surface area contributed by atoms with Gasteiger partial charge in [-0.3, -0.25) is 9.59 Å². The topological polar surface area (TPSA) is 210 Å². The van der Waals surface area contributed by atoms with Gasteiger partial charge in [0.05, 0.1) is 12.8 Å². The fourth-order valence-corrected chi connectivity index (χ4v) is 0.714. The molecule has 0 saturated heterocycles. The molecule has 0 aliphatic rings. The fraction of sp³-hybridized carbons (Fsp3) is 0.500. The first-order chi connectivity index (χ1) is 7.78. The molecule has 0 aromatic rings. The van der Waals surface area contributed by atoms with Crippen LogP contribution in [0.2, 0.25) is 0 Å². The van der Waals surface area contributed by atoms with Gasteiger partial charge in [0.2, 0.25) is 0 Å². The first-order valence-electron chi connectivity index (χ1n) is 3.95. The molecule has 22 heavy (non-hydrogen) atoms. The van der Waals surface area contributed by atoms with Crippen LogP contribution in [-0.4, -0.2) is 58.6 Å². The van der Waals surface area contributed by atoms with Crippen molar-refractivity contribution in [2.45, 2.75) is 18.4 Å². The molecule has 0 aliphatic heterocycles. The van der Waals surface area contributed by atoms with E-state index in [4.69, 9.17) is 39.7 Å². The van der Waals surface area contributed by atoms with Gasteiger partial charge in [-0.15, -0.1) is 0 Å². The Hall–Kier alpha value is 2.00. The van der Waals surface area contributed by atoms with Crippen molar-refractivity contribution in [3.05, 3.63) is 0 Å². The summed E-state index contributed by atoms with van der Waals surface area (Å²) in [5, 5.41) is 33.8. The van der Waals surface area contributed by atoms with E-state index in [-0.39, 0.29) is 110 Å². The molecule has 0 saturated carbocycles. The molecule has 0 spiro atoms. The van der Waals surface area contributed by atoms with Gasteiger partial charge in [0, 0.05) is 17.1 Å². The summed E-state index contributed by atoms with van der Waals surface area (Å²) in [6.07, 6.45) is -2.29. The summed E-state index contributed by atoms with van der Waals surface area (Å²) in [5.74, 6) is -5.02. The van der Waals surface area contributed by atoms with Crippen LogP contribution < -0.4 is 88.7 Å². The molecule has 0 fully saturated rings. The Morgan fingerprint density at radius 3 is 1.14 bits per heavy atom. The molecule has 0 amide bonds. The molecule has 11 nitrogen and oxygen atoms in total. The number of rotatable bonds is 5. The maximum Gasteiger partial charge on any atom is 1.00 e. The van der Waals surface area contributed by atoms with Gasteiger partial charge in [-0.05, 0) is 0 Å². The van der Waals surface area contributed by atoms with Crippen LogP contribution in [0.4, 0.5) is 0 Å². The van der Waals surface area contributed by atoms with Crippen LogP contribution in [0.3, 0.4) is 0 Å². The summed E-state index contributed by atoms with van der Waals surface area (Å²) in [6, 6.07) is 0. The van der Waals surface area contributed by atoms with E-state index in [9.17, 15) is 14.4 Å². The summed E-state index contributed by atoms with van der Waals surface area (Å²) < 4.78 is 8.88. The van der Waals surface area contributed by atoms with Gasteiger partial charge in [-0.1, -0.05) is 0 Å². The average Bonchev–Trinajstić information content (AvgIpc) is 1.95. The van der Waals surface area contributed by atoms with Crippen LogP contribution in [0.15, 0.2) is 0 Å². The Morgan fingerprint density at radius 1 is 0.864 bits per heavy atom. The normalized spacial score (nSPS) is 9.09. The van der Waals surface area contributed by atoms with Crippen LogP contribution in [0.5, 0.6) is 0 Å². The van der Waals surface area contributed by atoms with E-state index in [1.54, 1.807) is 0 Å². The van der Waals surface area contributed by atoms with Crippen molar-refractivity contribution < 1.29 is 164 Å². The molecule has 0 bridgehead atoms. The second kappa shape index (κ2) is 17.8. The summed E-state index contributed by atoms with van der Waals surface area (Å²) in [5.41, 5.74) is -2.74. The average molecular weight is 418 g/mol. The summed E-state index contributed by atoms with van der Waals surface area (Å²) in [4.78, 5) is 52.0. The van der Waals surface area contributed by atoms with Gasteiger partial charge in [-0.2, -0.15) is 0 Å². The number of aliphatic hydroxyl groups is 1. The Morgan fingerprint density at radius 2 is 1.05 bits per heavy atom. The minimum atomic E-state index is -4.64. The minimum absolute atomic E-state index is 0.